The van der Waals surface area contributed by atoms with Crippen molar-refractivity contribution in [2.75, 3.05) is 6.54 Å². The van der Waals surface area contributed by atoms with Crippen LogP contribution in [0.4, 0.5) is 0 Å². The summed E-state index contributed by atoms with van der Waals surface area (Å²) in [4.78, 5) is 12.8. The highest BCUT2D eigenvalue weighted by atomic mass is 32.2. The molecule has 8 nitrogen and oxygen atoms in total. The first-order valence-electron chi connectivity index (χ1n) is 10.2. The van der Waals surface area contributed by atoms with Crippen molar-refractivity contribution in [2.45, 2.75) is 43.9 Å². The van der Waals surface area contributed by atoms with Gasteiger partial charge in [0.2, 0.25) is 10.0 Å². The number of ether oxygens (including phenoxy) is 1. The average Bonchev–Trinajstić information content (AvgIpc) is 3.41. The van der Waals surface area contributed by atoms with Crippen molar-refractivity contribution in [3.05, 3.63) is 71.5 Å². The zero-order valence-corrected chi connectivity index (χ0v) is 18.6. The molecule has 1 N–H and O–H groups in total. The number of aliphatic hydroxyl groups is 1. The molecule has 1 aliphatic heterocycles. The number of β-amino-alcohol motifs (C(OH)–C–C–N with tert-alkyl or cyclic N) is 1. The molecule has 0 aliphatic carbocycles. The van der Waals surface area contributed by atoms with Crippen molar-refractivity contribution < 1.29 is 27.6 Å². The second-order valence-electron chi connectivity index (χ2n) is 7.88. The van der Waals surface area contributed by atoms with Gasteiger partial charge in [-0.1, -0.05) is 41.6 Å². The van der Waals surface area contributed by atoms with Crippen LogP contribution in [0.3, 0.4) is 0 Å². The number of hydrogen-bond acceptors (Lipinski definition) is 7. The number of aryl methyl sites for hydroxylation is 2. The zero-order chi connectivity index (χ0) is 22.9. The molecule has 2 aromatic carbocycles. The van der Waals surface area contributed by atoms with E-state index in [4.69, 9.17) is 9.26 Å². The van der Waals surface area contributed by atoms with Crippen molar-refractivity contribution in [3.8, 4) is 11.3 Å². The first kappa shape index (κ1) is 22.2. The van der Waals surface area contributed by atoms with Gasteiger partial charge in [0.1, 0.15) is 11.7 Å². The molecular formula is C23H24N2O6S. The van der Waals surface area contributed by atoms with Crippen LogP contribution in [-0.4, -0.2) is 47.6 Å². The first-order valence-corrected chi connectivity index (χ1v) is 11.6. The van der Waals surface area contributed by atoms with Crippen molar-refractivity contribution in [1.82, 2.24) is 9.46 Å². The van der Waals surface area contributed by atoms with Gasteiger partial charge in [0.05, 0.1) is 11.0 Å². The van der Waals surface area contributed by atoms with Gasteiger partial charge in [-0.25, -0.2) is 8.42 Å². The maximum atomic E-state index is 13.2. The molecular weight excluding hydrogens is 432 g/mol. The van der Waals surface area contributed by atoms with Crippen LogP contribution in [0.2, 0.25) is 0 Å². The molecule has 2 atom stereocenters. The predicted octanol–water partition coefficient (Wildman–Crippen LogP) is 2.83. The topological polar surface area (TPSA) is 110 Å². The molecule has 9 heteroatoms. The quantitative estimate of drug-likeness (QED) is 0.568. The number of carbonyl (C=O) groups excluding carboxylic acids is 1. The fraction of sp³-hybridized carbons (Fsp3) is 0.304. The summed E-state index contributed by atoms with van der Waals surface area (Å²) in [5.74, 6) is -0.411. The Morgan fingerprint density at radius 2 is 1.91 bits per heavy atom. The average molecular weight is 457 g/mol. The number of benzene rings is 2. The molecule has 2 heterocycles. The van der Waals surface area contributed by atoms with Crippen LogP contribution in [0.15, 0.2) is 64.0 Å². The lowest BCUT2D eigenvalue weighted by molar-refractivity contribution is -0.149. The SMILES string of the molecule is Cc1ccc(S(=O)(=O)N2CC(O)C[C@H]2C(=O)OCc2cc(-c3ccccc3)no2)cc1C. The third-order valence-corrected chi connectivity index (χ3v) is 7.45. The summed E-state index contributed by atoms with van der Waals surface area (Å²) in [5, 5.41) is 14.1. The normalized spacial score (nSPS) is 19.2. The van der Waals surface area contributed by atoms with Crippen molar-refractivity contribution in [2.24, 2.45) is 0 Å². The molecule has 0 spiro atoms. The number of sulfonamides is 1. The summed E-state index contributed by atoms with van der Waals surface area (Å²) < 4.78 is 37.9. The van der Waals surface area contributed by atoms with E-state index < -0.39 is 28.1 Å². The largest absolute Gasteiger partial charge is 0.456 e. The molecule has 0 radical (unpaired) electrons. The van der Waals surface area contributed by atoms with E-state index >= 15 is 0 Å². The van der Waals surface area contributed by atoms with Gasteiger partial charge in [0, 0.05) is 24.6 Å². The zero-order valence-electron chi connectivity index (χ0n) is 17.8. The predicted molar refractivity (Wildman–Crippen MR) is 116 cm³/mol. The molecule has 0 bridgehead atoms. The highest BCUT2D eigenvalue weighted by Crippen LogP contribution is 2.28. The standard InChI is InChI=1S/C23H24N2O6S/c1-15-8-9-20(10-16(15)2)32(28,29)25-13-18(26)11-22(25)23(27)30-14-19-12-21(24-31-19)17-6-4-3-5-7-17/h3-10,12,18,22,26H,11,13-14H2,1-2H3/t18?,22-/m0/s1. The van der Waals surface area contributed by atoms with Crippen LogP contribution in [0.1, 0.15) is 23.3 Å². The van der Waals surface area contributed by atoms with Gasteiger partial charge in [-0.2, -0.15) is 4.31 Å². The maximum absolute atomic E-state index is 13.2. The summed E-state index contributed by atoms with van der Waals surface area (Å²) >= 11 is 0. The molecule has 1 fully saturated rings. The summed E-state index contributed by atoms with van der Waals surface area (Å²) in [7, 11) is -3.98. The lowest BCUT2D eigenvalue weighted by Gasteiger charge is -2.22. The minimum atomic E-state index is -3.98. The number of aliphatic hydroxyl groups excluding tert-OH is 1. The summed E-state index contributed by atoms with van der Waals surface area (Å²) in [6, 6.07) is 14.7. The summed E-state index contributed by atoms with van der Waals surface area (Å²) in [6.45, 7) is 3.34. The van der Waals surface area contributed by atoms with Gasteiger partial charge in [0.15, 0.2) is 12.4 Å². The van der Waals surface area contributed by atoms with Crippen LogP contribution >= 0.6 is 0 Å². The molecule has 3 aromatic rings. The van der Waals surface area contributed by atoms with Crippen LogP contribution in [0, 0.1) is 13.8 Å². The van der Waals surface area contributed by atoms with E-state index in [0.717, 1.165) is 21.0 Å². The Labute approximate surface area is 186 Å². The minimum absolute atomic E-state index is 0.0332. The second-order valence-corrected chi connectivity index (χ2v) is 9.77. The van der Waals surface area contributed by atoms with Gasteiger partial charge in [-0.05, 0) is 37.1 Å². The van der Waals surface area contributed by atoms with E-state index in [1.54, 1.807) is 18.2 Å². The summed E-state index contributed by atoms with van der Waals surface area (Å²) in [5.41, 5.74) is 3.25. The van der Waals surface area contributed by atoms with E-state index in [2.05, 4.69) is 5.16 Å². The minimum Gasteiger partial charge on any atom is -0.456 e. The molecule has 1 unspecified atom stereocenters. The maximum Gasteiger partial charge on any atom is 0.325 e. The molecule has 1 aromatic heterocycles. The van der Waals surface area contributed by atoms with Gasteiger partial charge in [0.25, 0.3) is 0 Å². The Morgan fingerprint density at radius 3 is 2.62 bits per heavy atom. The van der Waals surface area contributed by atoms with Gasteiger partial charge >= 0.3 is 5.97 Å². The highest BCUT2D eigenvalue weighted by molar-refractivity contribution is 7.89. The number of esters is 1. The van der Waals surface area contributed by atoms with Crippen LogP contribution in [0.25, 0.3) is 11.3 Å². The van der Waals surface area contributed by atoms with Crippen LogP contribution in [-0.2, 0) is 26.2 Å². The van der Waals surface area contributed by atoms with E-state index in [-0.39, 0.29) is 24.5 Å². The first-order chi connectivity index (χ1) is 15.3. The molecule has 168 valence electrons. The Kier molecular flexibility index (Phi) is 6.14. The molecule has 0 saturated carbocycles. The number of hydrogen-bond donors (Lipinski definition) is 1. The van der Waals surface area contributed by atoms with E-state index in [0.29, 0.717) is 11.5 Å². The van der Waals surface area contributed by atoms with E-state index in [9.17, 15) is 18.3 Å². The number of carbonyl (C=O) groups is 1. The third-order valence-electron chi connectivity index (χ3n) is 5.58. The lowest BCUT2D eigenvalue weighted by atomic mass is 10.1. The number of nitrogens with zero attached hydrogens (tertiary/aromatic N) is 2. The van der Waals surface area contributed by atoms with E-state index in [1.165, 1.54) is 6.07 Å². The highest BCUT2D eigenvalue weighted by Gasteiger charge is 2.44. The van der Waals surface area contributed by atoms with Gasteiger partial charge < -0.3 is 14.4 Å². The Morgan fingerprint density at radius 1 is 1.16 bits per heavy atom. The molecule has 1 saturated heterocycles. The van der Waals surface area contributed by atoms with Gasteiger partial charge in [-0.15, -0.1) is 0 Å². The monoisotopic (exact) mass is 456 g/mol. The van der Waals surface area contributed by atoms with Crippen molar-refractivity contribution in [1.29, 1.82) is 0 Å². The second kappa shape index (κ2) is 8.85. The molecule has 32 heavy (non-hydrogen) atoms. The van der Waals surface area contributed by atoms with Crippen molar-refractivity contribution in [3.63, 3.8) is 0 Å². The fourth-order valence-electron chi connectivity index (χ4n) is 3.64. The van der Waals surface area contributed by atoms with E-state index in [1.807, 2.05) is 44.2 Å². The molecule has 1 aliphatic rings. The van der Waals surface area contributed by atoms with Crippen LogP contribution in [0.5, 0.6) is 0 Å². The molecule has 4 rings (SSSR count). The third kappa shape index (κ3) is 4.45. The Balaban J connectivity index is 1.48. The number of rotatable bonds is 6. The number of aromatic nitrogens is 1. The molecule has 0 amide bonds. The van der Waals surface area contributed by atoms with Crippen molar-refractivity contribution >= 4 is 16.0 Å². The van der Waals surface area contributed by atoms with Gasteiger partial charge in [-0.3, -0.25) is 4.79 Å². The fourth-order valence-corrected chi connectivity index (χ4v) is 5.35. The Bertz CT molecular complexity index is 1220. The summed E-state index contributed by atoms with van der Waals surface area (Å²) in [6.07, 6.45) is -0.988. The lowest BCUT2D eigenvalue weighted by Crippen LogP contribution is -2.41. The smallest absolute Gasteiger partial charge is 0.325 e. The Hall–Kier alpha value is -3.01. The van der Waals surface area contributed by atoms with Crippen LogP contribution < -0.4 is 0 Å².